The normalized spacial score (nSPS) is 11.8. The Balaban J connectivity index is 2.00. The molecule has 2 rings (SSSR count). The van der Waals surface area contributed by atoms with Gasteiger partial charge in [0, 0.05) is 24.6 Å². The molecule has 0 saturated carbocycles. The first kappa shape index (κ1) is 21.2. The van der Waals surface area contributed by atoms with Gasteiger partial charge in [0.2, 0.25) is 5.91 Å². The number of benzene rings is 1. The highest BCUT2D eigenvalue weighted by atomic mass is 32.1. The lowest BCUT2D eigenvalue weighted by Gasteiger charge is -2.22. The van der Waals surface area contributed by atoms with Crippen molar-refractivity contribution in [3.63, 3.8) is 0 Å². The molecule has 0 saturated heterocycles. The van der Waals surface area contributed by atoms with Gasteiger partial charge in [-0.3, -0.25) is 9.69 Å². The topological polar surface area (TPSA) is 54.5 Å². The molecule has 2 aromatic rings. The van der Waals surface area contributed by atoms with Crippen molar-refractivity contribution in [1.82, 2.24) is 9.88 Å². The number of nitrogens with one attached hydrogen (secondary N) is 1. The number of amides is 1. The zero-order valence-corrected chi connectivity index (χ0v) is 15.0. The molecule has 0 unspecified atom stereocenters. The van der Waals surface area contributed by atoms with Gasteiger partial charge in [-0.2, -0.15) is 13.2 Å². The quantitative estimate of drug-likeness (QED) is 0.678. The fourth-order valence-electron chi connectivity index (χ4n) is 2.17. The van der Waals surface area contributed by atoms with Crippen molar-refractivity contribution >= 4 is 22.4 Å². The summed E-state index contributed by atoms with van der Waals surface area (Å²) in [4.78, 5) is 17.0. The number of anilines is 1. The number of carbonyl (C=O) groups is 1. The van der Waals surface area contributed by atoms with Crippen LogP contribution in [0.4, 0.5) is 27.1 Å². The standard InChI is InChI=1S/C16H16F5N3O2S/c1-26-5-4-24(9-16(19,20)21)7-14(25)23-15-22-13(8-27-15)10-2-3-11(17)12(18)6-10/h2-3,6,8H,4-5,7,9H2,1H3,(H,22,23,25). The molecule has 0 fully saturated rings. The van der Waals surface area contributed by atoms with Crippen LogP contribution in [-0.4, -0.2) is 55.3 Å². The van der Waals surface area contributed by atoms with Crippen LogP contribution in [0.1, 0.15) is 0 Å². The maximum Gasteiger partial charge on any atom is 0.401 e. The molecular weight excluding hydrogens is 393 g/mol. The molecule has 0 bridgehead atoms. The second-order valence-corrected chi connectivity index (χ2v) is 6.39. The number of ether oxygens (including phenoxy) is 1. The lowest BCUT2D eigenvalue weighted by Crippen LogP contribution is -2.41. The van der Waals surface area contributed by atoms with Crippen molar-refractivity contribution in [3.8, 4) is 11.3 Å². The molecule has 5 nitrogen and oxygen atoms in total. The Morgan fingerprint density at radius 3 is 2.67 bits per heavy atom. The molecule has 148 valence electrons. The Morgan fingerprint density at radius 1 is 1.30 bits per heavy atom. The van der Waals surface area contributed by atoms with Gasteiger partial charge in [-0.05, 0) is 18.2 Å². The molecule has 1 heterocycles. The summed E-state index contributed by atoms with van der Waals surface area (Å²) in [6.45, 7) is -1.77. The number of hydrogen-bond acceptors (Lipinski definition) is 5. The van der Waals surface area contributed by atoms with E-state index in [0.717, 1.165) is 28.4 Å². The molecule has 11 heteroatoms. The summed E-state index contributed by atoms with van der Waals surface area (Å²) in [7, 11) is 1.35. The SMILES string of the molecule is COCCN(CC(=O)Nc1nc(-c2ccc(F)c(F)c2)cs1)CC(F)(F)F. The summed E-state index contributed by atoms with van der Waals surface area (Å²) in [5.41, 5.74) is 0.616. The molecular formula is C16H16F5N3O2S. The predicted molar refractivity (Wildman–Crippen MR) is 90.5 cm³/mol. The van der Waals surface area contributed by atoms with E-state index in [9.17, 15) is 26.7 Å². The van der Waals surface area contributed by atoms with Crippen LogP contribution in [0, 0.1) is 11.6 Å². The van der Waals surface area contributed by atoms with Gasteiger partial charge in [0.05, 0.1) is 25.4 Å². The van der Waals surface area contributed by atoms with Crippen LogP contribution in [0.3, 0.4) is 0 Å². The van der Waals surface area contributed by atoms with Crippen molar-refractivity contribution in [2.24, 2.45) is 0 Å². The minimum Gasteiger partial charge on any atom is -0.383 e. The van der Waals surface area contributed by atoms with Crippen molar-refractivity contribution in [2.45, 2.75) is 6.18 Å². The number of carbonyl (C=O) groups excluding carboxylic acids is 1. The maximum atomic E-state index is 13.3. The average molecular weight is 409 g/mol. The molecule has 0 radical (unpaired) electrons. The van der Waals surface area contributed by atoms with Crippen LogP contribution in [0.25, 0.3) is 11.3 Å². The minimum absolute atomic E-state index is 0.0426. The van der Waals surface area contributed by atoms with Gasteiger partial charge >= 0.3 is 6.18 Å². The molecule has 1 N–H and O–H groups in total. The maximum absolute atomic E-state index is 13.3. The van der Waals surface area contributed by atoms with E-state index in [1.807, 2.05) is 0 Å². The lowest BCUT2D eigenvalue weighted by molar-refractivity contribution is -0.149. The van der Waals surface area contributed by atoms with E-state index in [0.29, 0.717) is 11.3 Å². The van der Waals surface area contributed by atoms with Crippen LogP contribution in [0.5, 0.6) is 0 Å². The highest BCUT2D eigenvalue weighted by Gasteiger charge is 2.31. The number of nitrogens with zero attached hydrogens (tertiary/aromatic N) is 2. The third kappa shape index (κ3) is 6.85. The molecule has 0 aliphatic heterocycles. The summed E-state index contributed by atoms with van der Waals surface area (Å²) in [6, 6.07) is 3.24. The van der Waals surface area contributed by atoms with E-state index < -0.39 is 36.8 Å². The van der Waals surface area contributed by atoms with Gasteiger partial charge in [-0.25, -0.2) is 13.8 Å². The molecule has 0 atom stereocenters. The van der Waals surface area contributed by atoms with Gasteiger partial charge in [0.25, 0.3) is 0 Å². The summed E-state index contributed by atoms with van der Waals surface area (Å²) < 4.78 is 68.8. The zero-order chi connectivity index (χ0) is 20.0. The van der Waals surface area contributed by atoms with Crippen molar-refractivity contribution in [1.29, 1.82) is 0 Å². The molecule has 27 heavy (non-hydrogen) atoms. The number of methoxy groups -OCH3 is 1. The van der Waals surface area contributed by atoms with Crippen LogP contribution >= 0.6 is 11.3 Å². The summed E-state index contributed by atoms with van der Waals surface area (Å²) in [6.07, 6.45) is -4.45. The van der Waals surface area contributed by atoms with E-state index in [1.165, 1.54) is 18.6 Å². The van der Waals surface area contributed by atoms with Crippen molar-refractivity contribution < 1.29 is 31.5 Å². The van der Waals surface area contributed by atoms with Crippen molar-refractivity contribution in [3.05, 3.63) is 35.2 Å². The zero-order valence-electron chi connectivity index (χ0n) is 14.1. The Bertz CT molecular complexity index is 782. The van der Waals surface area contributed by atoms with Crippen LogP contribution in [-0.2, 0) is 9.53 Å². The van der Waals surface area contributed by atoms with Gasteiger partial charge in [0.15, 0.2) is 16.8 Å². The van der Waals surface area contributed by atoms with Gasteiger partial charge < -0.3 is 10.1 Å². The third-order valence-corrected chi connectivity index (χ3v) is 4.11. The number of hydrogen-bond donors (Lipinski definition) is 1. The first-order valence-electron chi connectivity index (χ1n) is 7.67. The fraction of sp³-hybridized carbons (Fsp3) is 0.375. The molecule has 0 spiro atoms. The summed E-state index contributed by atoms with van der Waals surface area (Å²) in [5.74, 6) is -2.71. The van der Waals surface area contributed by atoms with E-state index in [4.69, 9.17) is 4.74 Å². The molecule has 1 aromatic carbocycles. The second-order valence-electron chi connectivity index (χ2n) is 5.53. The van der Waals surface area contributed by atoms with Crippen LogP contribution in [0.2, 0.25) is 0 Å². The number of rotatable bonds is 8. The highest BCUT2D eigenvalue weighted by molar-refractivity contribution is 7.14. The van der Waals surface area contributed by atoms with Gasteiger partial charge in [-0.15, -0.1) is 11.3 Å². The Morgan fingerprint density at radius 2 is 2.04 bits per heavy atom. The monoisotopic (exact) mass is 409 g/mol. The summed E-state index contributed by atoms with van der Waals surface area (Å²) in [5, 5.41) is 4.05. The summed E-state index contributed by atoms with van der Waals surface area (Å²) >= 11 is 1.02. The fourth-order valence-corrected chi connectivity index (χ4v) is 2.90. The lowest BCUT2D eigenvalue weighted by atomic mass is 10.2. The Labute approximate surface area is 155 Å². The van der Waals surface area contributed by atoms with Gasteiger partial charge in [-0.1, -0.05) is 0 Å². The van der Waals surface area contributed by atoms with E-state index in [2.05, 4.69) is 10.3 Å². The molecule has 1 amide bonds. The third-order valence-electron chi connectivity index (χ3n) is 3.35. The van der Waals surface area contributed by atoms with Crippen LogP contribution in [0.15, 0.2) is 23.6 Å². The Hall–Kier alpha value is -2.11. The molecule has 1 aromatic heterocycles. The number of aromatic nitrogens is 1. The van der Waals surface area contributed by atoms with Crippen molar-refractivity contribution in [2.75, 3.05) is 38.7 Å². The largest absolute Gasteiger partial charge is 0.401 e. The minimum atomic E-state index is -4.45. The highest BCUT2D eigenvalue weighted by Crippen LogP contribution is 2.26. The number of halogens is 5. The van der Waals surface area contributed by atoms with Gasteiger partial charge in [0.1, 0.15) is 0 Å². The average Bonchev–Trinajstić information content (AvgIpc) is 3.02. The number of thiazole rings is 1. The predicted octanol–water partition coefficient (Wildman–Crippen LogP) is 3.54. The first-order valence-corrected chi connectivity index (χ1v) is 8.55. The first-order chi connectivity index (χ1) is 12.7. The van der Waals surface area contributed by atoms with Crippen LogP contribution < -0.4 is 5.32 Å². The van der Waals surface area contributed by atoms with E-state index in [1.54, 1.807) is 0 Å². The Kier molecular flexibility index (Phi) is 7.22. The van der Waals surface area contributed by atoms with E-state index in [-0.39, 0.29) is 18.3 Å². The smallest absolute Gasteiger partial charge is 0.383 e. The number of alkyl halides is 3. The molecule has 0 aliphatic carbocycles. The van der Waals surface area contributed by atoms with E-state index >= 15 is 0 Å². The molecule has 0 aliphatic rings. The second kappa shape index (κ2) is 9.20.